The summed E-state index contributed by atoms with van der Waals surface area (Å²) in [5.74, 6) is 0.209. The Hall–Kier alpha value is -4.39. The number of nitrogens with zero attached hydrogens (tertiary/aromatic N) is 6. The number of rotatable bonds is 10. The Morgan fingerprint density at radius 3 is 2.43 bits per heavy atom. The molecule has 1 aliphatic carbocycles. The first kappa shape index (κ1) is 38.5. The number of hydrogen-bond acceptors (Lipinski definition) is 8. The third-order valence-corrected chi connectivity index (χ3v) is 13.2. The van der Waals surface area contributed by atoms with Crippen molar-refractivity contribution in [3.05, 3.63) is 65.2 Å². The molecule has 3 fully saturated rings. The van der Waals surface area contributed by atoms with Gasteiger partial charge in [-0.3, -0.25) is 14.9 Å². The van der Waals surface area contributed by atoms with Crippen LogP contribution in [0.4, 0.5) is 21.6 Å². The van der Waals surface area contributed by atoms with Gasteiger partial charge in [0.25, 0.3) is 0 Å². The van der Waals surface area contributed by atoms with Crippen molar-refractivity contribution < 1.29 is 19.1 Å². The molecule has 5 heterocycles. The first-order chi connectivity index (χ1) is 26.9. The van der Waals surface area contributed by atoms with Crippen LogP contribution in [0.2, 0.25) is 0 Å². The van der Waals surface area contributed by atoms with E-state index in [1.165, 1.54) is 25.3 Å². The van der Waals surface area contributed by atoms with Gasteiger partial charge in [0.2, 0.25) is 11.8 Å². The van der Waals surface area contributed by atoms with Crippen LogP contribution in [0.5, 0.6) is 0 Å². The van der Waals surface area contributed by atoms with E-state index in [0.29, 0.717) is 60.1 Å². The molecule has 0 radical (unpaired) electrons. The summed E-state index contributed by atoms with van der Waals surface area (Å²) in [6, 6.07) is 12.1. The summed E-state index contributed by atoms with van der Waals surface area (Å²) in [4.78, 5) is 43.6. The summed E-state index contributed by atoms with van der Waals surface area (Å²) >= 11 is 0. The molecule has 56 heavy (non-hydrogen) atoms. The lowest BCUT2D eigenvalue weighted by Crippen LogP contribution is -2.58. The standard InChI is InChI=1S/C44H57FN8O3/c1-7-28(5)47-42(55)33-23-37(35(45)19-27(33)4)49-41-40-38(46-25-52(40)26(2)3)24-36(48-41)30-11-12-34-39(20-30)53(32-21-31(22-32)51-15-9-8-10-16-51)43(56)44(34)13-17-50(18-14-44)29(6)54/h11-12,19-20,23-26,28,31-32,42,47,55H,7-10,13-18,21-22H2,1-6H3,(H,48,49)/t28-,31?,32?,42?/m1/s1. The van der Waals surface area contributed by atoms with E-state index >= 15 is 4.39 Å². The fraction of sp³-hybridized carbons (Fsp3) is 0.545. The van der Waals surface area contributed by atoms with Crippen LogP contribution in [0, 0.1) is 12.7 Å². The van der Waals surface area contributed by atoms with Crippen LogP contribution >= 0.6 is 0 Å². The number of benzene rings is 2. The highest BCUT2D eigenvalue weighted by Crippen LogP contribution is 2.52. The van der Waals surface area contributed by atoms with Crippen molar-refractivity contribution in [2.24, 2.45) is 0 Å². The van der Waals surface area contributed by atoms with E-state index < -0.39 is 17.5 Å². The van der Waals surface area contributed by atoms with Crippen molar-refractivity contribution in [3.63, 3.8) is 0 Å². The molecule has 2 saturated heterocycles. The fourth-order valence-electron chi connectivity index (χ4n) is 9.52. The molecule has 3 aliphatic heterocycles. The van der Waals surface area contributed by atoms with E-state index in [0.717, 1.165) is 54.7 Å². The molecule has 1 spiro atoms. The molecule has 1 unspecified atom stereocenters. The zero-order valence-electron chi connectivity index (χ0n) is 33.7. The van der Waals surface area contributed by atoms with Crippen LogP contribution in [-0.4, -0.2) is 85.6 Å². The highest BCUT2D eigenvalue weighted by molar-refractivity contribution is 6.09. The number of anilines is 3. The first-order valence-corrected chi connectivity index (χ1v) is 20.8. The van der Waals surface area contributed by atoms with Crippen LogP contribution in [0.3, 0.4) is 0 Å². The highest BCUT2D eigenvalue weighted by atomic mass is 19.1. The Kier molecular flexibility index (Phi) is 10.4. The number of nitrogens with one attached hydrogen (secondary N) is 2. The predicted octanol–water partition coefficient (Wildman–Crippen LogP) is 7.49. The second-order valence-electron chi connectivity index (χ2n) is 17.0. The number of likely N-dealkylation sites (tertiary alicyclic amines) is 2. The SMILES string of the molecule is CC[C@@H](C)NC(O)c1cc(Nc2nc(-c3ccc4c(c3)N(C3CC(N5CCCCC5)C3)C(=O)C43CCN(C(C)=O)CC3)cc3ncn(C(C)C)c23)c(F)cc1C. The lowest BCUT2D eigenvalue weighted by molar-refractivity contribution is -0.134. The molecule has 2 aromatic heterocycles. The van der Waals surface area contributed by atoms with Crippen LogP contribution in [0.15, 0.2) is 42.7 Å². The van der Waals surface area contributed by atoms with E-state index in [1.807, 2.05) is 35.4 Å². The maximum atomic E-state index is 15.8. The number of hydrogen-bond donors (Lipinski definition) is 3. The smallest absolute Gasteiger partial charge is 0.238 e. The second kappa shape index (κ2) is 15.2. The van der Waals surface area contributed by atoms with Crippen LogP contribution < -0.4 is 15.5 Å². The third-order valence-electron chi connectivity index (χ3n) is 13.2. The Labute approximate surface area is 329 Å². The van der Waals surface area contributed by atoms with E-state index in [1.54, 1.807) is 26.2 Å². The predicted molar refractivity (Wildman–Crippen MR) is 219 cm³/mol. The third kappa shape index (κ3) is 6.77. The van der Waals surface area contributed by atoms with Gasteiger partial charge in [0, 0.05) is 61.0 Å². The molecule has 11 nitrogen and oxygen atoms in total. The van der Waals surface area contributed by atoms with Gasteiger partial charge in [-0.25, -0.2) is 14.4 Å². The Morgan fingerprint density at radius 1 is 1.02 bits per heavy atom. The lowest BCUT2D eigenvalue weighted by atomic mass is 9.73. The van der Waals surface area contributed by atoms with Crippen molar-refractivity contribution in [3.8, 4) is 11.3 Å². The van der Waals surface area contributed by atoms with Gasteiger partial charge in [-0.15, -0.1) is 0 Å². The molecule has 2 amide bonds. The number of aryl methyl sites for hydroxylation is 1. The topological polar surface area (TPSA) is 119 Å². The fourth-order valence-corrected chi connectivity index (χ4v) is 9.52. The average Bonchev–Trinajstić information content (AvgIpc) is 3.70. The molecule has 1 saturated carbocycles. The number of aliphatic hydroxyl groups is 1. The zero-order chi connectivity index (χ0) is 39.5. The van der Waals surface area contributed by atoms with Gasteiger partial charge < -0.3 is 29.7 Å². The van der Waals surface area contributed by atoms with Gasteiger partial charge in [0.05, 0.1) is 28.6 Å². The average molecular weight is 765 g/mol. The summed E-state index contributed by atoms with van der Waals surface area (Å²) in [7, 11) is 0. The number of pyridine rings is 1. The highest BCUT2D eigenvalue weighted by Gasteiger charge is 2.55. The normalized spacial score (nSPS) is 22.1. The maximum absolute atomic E-state index is 15.8. The molecule has 298 valence electrons. The summed E-state index contributed by atoms with van der Waals surface area (Å²) < 4.78 is 17.8. The molecular weight excluding hydrogens is 708 g/mol. The van der Waals surface area contributed by atoms with E-state index in [-0.39, 0.29) is 35.6 Å². The first-order valence-electron chi connectivity index (χ1n) is 20.8. The van der Waals surface area contributed by atoms with E-state index in [9.17, 15) is 14.7 Å². The molecule has 0 bridgehead atoms. The van der Waals surface area contributed by atoms with Gasteiger partial charge in [0.1, 0.15) is 17.6 Å². The summed E-state index contributed by atoms with van der Waals surface area (Å²) in [6.07, 6.45) is 8.57. The maximum Gasteiger partial charge on any atom is 0.238 e. The molecule has 4 aliphatic rings. The Balaban J connectivity index is 1.18. The van der Waals surface area contributed by atoms with Crippen molar-refractivity contribution in [1.29, 1.82) is 0 Å². The van der Waals surface area contributed by atoms with Gasteiger partial charge in [-0.2, -0.15) is 0 Å². The van der Waals surface area contributed by atoms with Crippen LogP contribution in [0.25, 0.3) is 22.3 Å². The Bertz CT molecular complexity index is 2130. The molecule has 3 N–H and O–H groups in total. The van der Waals surface area contributed by atoms with Gasteiger partial charge in [-0.1, -0.05) is 25.5 Å². The number of carbonyl (C=O) groups excluding carboxylic acids is 2. The zero-order valence-corrected chi connectivity index (χ0v) is 33.7. The second-order valence-corrected chi connectivity index (χ2v) is 17.0. The molecular formula is C44H57FN8O3. The van der Waals surface area contributed by atoms with Crippen molar-refractivity contribution in [2.75, 3.05) is 36.4 Å². The number of aliphatic hydroxyl groups excluding tert-OH is 1. The monoisotopic (exact) mass is 764 g/mol. The van der Waals surface area contributed by atoms with Crippen LogP contribution in [0.1, 0.15) is 115 Å². The summed E-state index contributed by atoms with van der Waals surface area (Å²) in [5, 5.41) is 17.6. The van der Waals surface area contributed by atoms with Gasteiger partial charge in [-0.05, 0) is 121 Å². The van der Waals surface area contributed by atoms with Crippen LogP contribution in [-0.2, 0) is 15.0 Å². The summed E-state index contributed by atoms with van der Waals surface area (Å²) in [6.45, 7) is 15.0. The Morgan fingerprint density at radius 2 is 1.75 bits per heavy atom. The molecule has 4 aromatic rings. The quantitative estimate of drug-likeness (QED) is 0.142. The van der Waals surface area contributed by atoms with Crippen molar-refractivity contribution in [1.82, 2.24) is 29.7 Å². The lowest BCUT2D eigenvalue weighted by Gasteiger charge is -2.48. The summed E-state index contributed by atoms with van der Waals surface area (Å²) in [5.41, 5.74) is 5.71. The van der Waals surface area contributed by atoms with Gasteiger partial charge in [0.15, 0.2) is 5.82 Å². The minimum Gasteiger partial charge on any atom is -0.374 e. The van der Waals surface area contributed by atoms with E-state index in [4.69, 9.17) is 9.97 Å². The number of amides is 2. The van der Waals surface area contributed by atoms with E-state index in [2.05, 4.69) is 46.4 Å². The minimum absolute atomic E-state index is 0.0487. The van der Waals surface area contributed by atoms with Gasteiger partial charge >= 0.3 is 0 Å². The van der Waals surface area contributed by atoms with Crippen molar-refractivity contribution in [2.45, 2.75) is 129 Å². The van der Waals surface area contributed by atoms with Crippen molar-refractivity contribution >= 4 is 40.0 Å². The molecule has 8 rings (SSSR count). The number of halogens is 1. The number of carbonyl (C=O) groups is 2. The number of aromatic nitrogens is 3. The molecule has 2 atom stereocenters. The number of piperidine rings is 2. The molecule has 12 heteroatoms. The number of imidazole rings is 1. The molecule has 2 aromatic carbocycles. The number of fused-ring (bicyclic) bond motifs is 3. The minimum atomic E-state index is -0.965. The largest absolute Gasteiger partial charge is 0.374 e.